The van der Waals surface area contributed by atoms with Crippen LogP contribution in [0.5, 0.6) is 0 Å². The molecule has 0 bridgehead atoms. The van der Waals surface area contributed by atoms with E-state index in [9.17, 15) is 0 Å². The highest BCUT2D eigenvalue weighted by Crippen LogP contribution is 2.32. The Morgan fingerprint density at radius 1 is 1.45 bits per heavy atom. The Morgan fingerprint density at radius 3 is 3.00 bits per heavy atom. The third-order valence-electron chi connectivity index (χ3n) is 4.58. The Hall–Kier alpha value is -1.09. The van der Waals surface area contributed by atoms with Gasteiger partial charge in [0.15, 0.2) is 0 Å². The van der Waals surface area contributed by atoms with Crippen molar-refractivity contribution in [3.63, 3.8) is 0 Å². The second kappa shape index (κ2) is 7.63. The van der Waals surface area contributed by atoms with Crippen molar-refractivity contribution in [3.8, 4) is 0 Å². The van der Waals surface area contributed by atoms with Crippen LogP contribution in [0.4, 0.5) is 5.69 Å². The molecule has 1 aliphatic rings. The first kappa shape index (κ1) is 15.3. The quantitative estimate of drug-likeness (QED) is 0.836. The Kier molecular flexibility index (Phi) is 5.84. The summed E-state index contributed by atoms with van der Waals surface area (Å²) >= 11 is 0. The highest BCUT2D eigenvalue weighted by molar-refractivity contribution is 5.44. The minimum Gasteiger partial charge on any atom is -0.398 e. The zero-order valence-corrected chi connectivity index (χ0v) is 12.9. The van der Waals surface area contributed by atoms with Crippen molar-refractivity contribution in [1.82, 2.24) is 10.3 Å². The number of nitrogens with zero attached hydrogens (tertiary/aromatic N) is 1. The van der Waals surface area contributed by atoms with E-state index < -0.39 is 0 Å². The molecule has 0 aliphatic heterocycles. The van der Waals surface area contributed by atoms with Crippen LogP contribution in [0.2, 0.25) is 0 Å². The molecule has 3 N–H and O–H groups in total. The van der Waals surface area contributed by atoms with Crippen LogP contribution in [0.25, 0.3) is 0 Å². The van der Waals surface area contributed by atoms with Gasteiger partial charge >= 0.3 is 0 Å². The van der Waals surface area contributed by atoms with Crippen LogP contribution in [0.1, 0.15) is 51.5 Å². The number of rotatable bonds is 6. The standard InChI is InChI=1S/C17H29N3/c1-3-8-20-17(14-6-4-5-13(2)10-14)11-15-12-19-9-7-16(15)18/h7,9,12-14,17,20H,3-6,8,10-11H2,1-2H3,(H2,18,19). The van der Waals surface area contributed by atoms with Gasteiger partial charge in [-0.15, -0.1) is 0 Å². The summed E-state index contributed by atoms with van der Waals surface area (Å²) in [6.45, 7) is 5.71. The fourth-order valence-corrected chi connectivity index (χ4v) is 3.43. The van der Waals surface area contributed by atoms with Crippen molar-refractivity contribution in [1.29, 1.82) is 0 Å². The van der Waals surface area contributed by atoms with E-state index in [0.717, 1.165) is 30.5 Å². The summed E-state index contributed by atoms with van der Waals surface area (Å²) in [7, 11) is 0. The molecule has 1 heterocycles. The fraction of sp³-hybridized carbons (Fsp3) is 0.706. The van der Waals surface area contributed by atoms with E-state index in [1.54, 1.807) is 6.20 Å². The minimum atomic E-state index is 0.546. The predicted octanol–water partition coefficient (Wildman–Crippen LogP) is 3.40. The third-order valence-corrected chi connectivity index (χ3v) is 4.58. The minimum absolute atomic E-state index is 0.546. The maximum Gasteiger partial charge on any atom is 0.0378 e. The molecule has 112 valence electrons. The number of nitrogens with two attached hydrogens (primary N) is 1. The number of anilines is 1. The molecular weight excluding hydrogens is 246 g/mol. The molecule has 0 spiro atoms. The van der Waals surface area contributed by atoms with Gasteiger partial charge in [-0.05, 0) is 55.7 Å². The summed E-state index contributed by atoms with van der Waals surface area (Å²) in [4.78, 5) is 4.23. The maximum atomic E-state index is 6.09. The van der Waals surface area contributed by atoms with E-state index in [4.69, 9.17) is 5.73 Å². The molecule has 2 rings (SSSR count). The smallest absolute Gasteiger partial charge is 0.0378 e. The van der Waals surface area contributed by atoms with Crippen molar-refractivity contribution in [3.05, 3.63) is 24.0 Å². The molecule has 3 unspecified atom stereocenters. The number of hydrogen-bond donors (Lipinski definition) is 2. The number of aromatic nitrogens is 1. The maximum absolute atomic E-state index is 6.09. The lowest BCUT2D eigenvalue weighted by Gasteiger charge is -2.34. The molecule has 1 fully saturated rings. The summed E-state index contributed by atoms with van der Waals surface area (Å²) in [5.41, 5.74) is 8.16. The molecule has 1 saturated carbocycles. The number of hydrogen-bond acceptors (Lipinski definition) is 3. The molecule has 1 aromatic rings. The van der Waals surface area contributed by atoms with E-state index in [2.05, 4.69) is 24.1 Å². The van der Waals surface area contributed by atoms with Gasteiger partial charge in [0.2, 0.25) is 0 Å². The van der Waals surface area contributed by atoms with Gasteiger partial charge in [0.05, 0.1) is 0 Å². The lowest BCUT2D eigenvalue weighted by Crippen LogP contribution is -2.40. The Bertz CT molecular complexity index is 405. The first-order valence-electron chi connectivity index (χ1n) is 8.12. The van der Waals surface area contributed by atoms with E-state index in [1.165, 1.54) is 37.7 Å². The van der Waals surface area contributed by atoms with Crippen molar-refractivity contribution < 1.29 is 0 Å². The lowest BCUT2D eigenvalue weighted by atomic mass is 9.77. The molecule has 0 radical (unpaired) electrons. The molecule has 0 aromatic carbocycles. The molecule has 3 nitrogen and oxygen atoms in total. The van der Waals surface area contributed by atoms with E-state index >= 15 is 0 Å². The second-order valence-electron chi connectivity index (χ2n) is 6.37. The van der Waals surface area contributed by atoms with Crippen LogP contribution in [-0.2, 0) is 6.42 Å². The number of pyridine rings is 1. The van der Waals surface area contributed by atoms with Crippen molar-refractivity contribution in [2.75, 3.05) is 12.3 Å². The van der Waals surface area contributed by atoms with Crippen LogP contribution < -0.4 is 11.1 Å². The summed E-state index contributed by atoms with van der Waals surface area (Å²) in [5.74, 6) is 1.65. The summed E-state index contributed by atoms with van der Waals surface area (Å²) in [6.07, 6.45) is 11.4. The van der Waals surface area contributed by atoms with Gasteiger partial charge in [-0.1, -0.05) is 26.7 Å². The predicted molar refractivity (Wildman–Crippen MR) is 85.6 cm³/mol. The molecule has 0 amide bonds. The molecule has 1 aromatic heterocycles. The van der Waals surface area contributed by atoms with Gasteiger partial charge < -0.3 is 11.1 Å². The Balaban J connectivity index is 2.04. The molecule has 3 atom stereocenters. The van der Waals surface area contributed by atoms with E-state index in [0.29, 0.717) is 6.04 Å². The van der Waals surface area contributed by atoms with Crippen molar-refractivity contribution in [2.45, 2.75) is 58.4 Å². The third kappa shape index (κ3) is 4.20. The highest BCUT2D eigenvalue weighted by atomic mass is 14.9. The second-order valence-corrected chi connectivity index (χ2v) is 6.37. The lowest BCUT2D eigenvalue weighted by molar-refractivity contribution is 0.221. The summed E-state index contributed by atoms with van der Waals surface area (Å²) < 4.78 is 0. The highest BCUT2D eigenvalue weighted by Gasteiger charge is 2.26. The first-order chi connectivity index (χ1) is 9.70. The fourth-order valence-electron chi connectivity index (χ4n) is 3.43. The normalized spacial score (nSPS) is 24.5. The van der Waals surface area contributed by atoms with Gasteiger partial charge in [0, 0.05) is 24.1 Å². The zero-order valence-electron chi connectivity index (χ0n) is 12.9. The number of nitrogens with one attached hydrogen (secondary N) is 1. The molecular formula is C17H29N3. The molecule has 20 heavy (non-hydrogen) atoms. The first-order valence-corrected chi connectivity index (χ1v) is 8.12. The van der Waals surface area contributed by atoms with Crippen LogP contribution in [0.3, 0.4) is 0 Å². The van der Waals surface area contributed by atoms with Gasteiger partial charge in [0.1, 0.15) is 0 Å². The Labute approximate surface area is 123 Å². The molecule has 0 saturated heterocycles. The average Bonchev–Trinajstić information content (AvgIpc) is 2.45. The van der Waals surface area contributed by atoms with Gasteiger partial charge in [0.25, 0.3) is 0 Å². The average molecular weight is 275 g/mol. The zero-order chi connectivity index (χ0) is 14.4. The summed E-state index contributed by atoms with van der Waals surface area (Å²) in [6, 6.07) is 2.46. The van der Waals surface area contributed by atoms with Crippen LogP contribution in [0, 0.1) is 11.8 Å². The van der Waals surface area contributed by atoms with Crippen LogP contribution in [0.15, 0.2) is 18.5 Å². The van der Waals surface area contributed by atoms with Gasteiger partial charge in [-0.3, -0.25) is 4.98 Å². The SMILES string of the molecule is CCCNC(Cc1cnccc1N)C1CCCC(C)C1. The van der Waals surface area contributed by atoms with Crippen molar-refractivity contribution >= 4 is 5.69 Å². The molecule has 3 heteroatoms. The Morgan fingerprint density at radius 2 is 2.30 bits per heavy atom. The topological polar surface area (TPSA) is 50.9 Å². The van der Waals surface area contributed by atoms with Gasteiger partial charge in [-0.25, -0.2) is 0 Å². The largest absolute Gasteiger partial charge is 0.398 e. The van der Waals surface area contributed by atoms with E-state index in [-0.39, 0.29) is 0 Å². The van der Waals surface area contributed by atoms with Crippen LogP contribution in [-0.4, -0.2) is 17.6 Å². The van der Waals surface area contributed by atoms with Crippen molar-refractivity contribution in [2.24, 2.45) is 11.8 Å². The van der Waals surface area contributed by atoms with E-state index in [1.807, 2.05) is 12.3 Å². The number of nitrogen functional groups attached to an aromatic ring is 1. The van der Waals surface area contributed by atoms with Gasteiger partial charge in [-0.2, -0.15) is 0 Å². The van der Waals surface area contributed by atoms with Crippen LogP contribution >= 0.6 is 0 Å². The summed E-state index contributed by atoms with van der Waals surface area (Å²) in [5, 5.41) is 3.75. The molecule has 1 aliphatic carbocycles. The monoisotopic (exact) mass is 275 g/mol.